The third-order valence-corrected chi connectivity index (χ3v) is 3.42. The number of carbonyl (C=O) groups excluding carboxylic acids is 2. The van der Waals surface area contributed by atoms with E-state index < -0.39 is 41.9 Å². The molecule has 6 N–H and O–H groups in total. The lowest BCUT2D eigenvalue weighted by molar-refractivity contribution is -0.143. The van der Waals surface area contributed by atoms with Crippen LogP contribution in [0.15, 0.2) is 0 Å². The Balaban J connectivity index is 4.69. The second kappa shape index (κ2) is 10.1. The summed E-state index contributed by atoms with van der Waals surface area (Å²) in [5.41, 5.74) is 5.54. The number of hydrogen-bond acceptors (Lipinski definition) is 6. The fourth-order valence-corrected chi connectivity index (χ4v) is 1.91. The van der Waals surface area contributed by atoms with Gasteiger partial charge in [-0.05, 0) is 12.3 Å². The molecule has 0 radical (unpaired) electrons. The van der Waals surface area contributed by atoms with Gasteiger partial charge in [-0.15, -0.1) is 0 Å². The maximum atomic E-state index is 12.0. The van der Waals surface area contributed by atoms with Gasteiger partial charge in [-0.3, -0.25) is 14.4 Å². The van der Waals surface area contributed by atoms with E-state index in [1.807, 2.05) is 0 Å². The van der Waals surface area contributed by atoms with Gasteiger partial charge in [0.1, 0.15) is 12.1 Å². The number of hydrogen-bond donors (Lipinski definition) is 6. The quantitative estimate of drug-likeness (QED) is 0.271. The van der Waals surface area contributed by atoms with Crippen LogP contribution in [0.5, 0.6) is 0 Å². The minimum absolute atomic E-state index is 0.0618. The molecule has 0 saturated carbocycles. The SMILES string of the molecule is CC(C)C(NC(=O)C(CS)NC(=O)C(N)CCC(=O)O)C(=O)O. The third kappa shape index (κ3) is 7.84. The van der Waals surface area contributed by atoms with Crippen LogP contribution in [-0.4, -0.2) is 57.8 Å². The smallest absolute Gasteiger partial charge is 0.326 e. The van der Waals surface area contributed by atoms with Crippen molar-refractivity contribution in [3.63, 3.8) is 0 Å². The van der Waals surface area contributed by atoms with Gasteiger partial charge in [0.15, 0.2) is 0 Å². The van der Waals surface area contributed by atoms with Gasteiger partial charge in [0, 0.05) is 12.2 Å². The molecule has 0 aromatic heterocycles. The second-order valence-corrected chi connectivity index (χ2v) is 5.72. The Bertz CT molecular complexity index is 457. The summed E-state index contributed by atoms with van der Waals surface area (Å²) < 4.78 is 0. The van der Waals surface area contributed by atoms with Crippen molar-refractivity contribution in [3.8, 4) is 0 Å². The fraction of sp³-hybridized carbons (Fsp3) is 0.692. The molecule has 132 valence electrons. The predicted octanol–water partition coefficient (Wildman–Crippen LogP) is -1.18. The van der Waals surface area contributed by atoms with E-state index in [-0.39, 0.29) is 24.5 Å². The molecule has 10 heteroatoms. The molecule has 0 bridgehead atoms. The lowest BCUT2D eigenvalue weighted by atomic mass is 10.0. The Morgan fingerprint density at radius 3 is 2.04 bits per heavy atom. The molecule has 0 spiro atoms. The molecule has 0 aromatic carbocycles. The molecule has 0 aliphatic rings. The first-order valence-electron chi connectivity index (χ1n) is 7.01. The van der Waals surface area contributed by atoms with Crippen molar-refractivity contribution >= 4 is 36.4 Å². The van der Waals surface area contributed by atoms with E-state index in [9.17, 15) is 19.2 Å². The molecule has 9 nitrogen and oxygen atoms in total. The van der Waals surface area contributed by atoms with Gasteiger partial charge in [0.2, 0.25) is 11.8 Å². The van der Waals surface area contributed by atoms with E-state index >= 15 is 0 Å². The minimum Gasteiger partial charge on any atom is -0.481 e. The minimum atomic E-state index is -1.18. The van der Waals surface area contributed by atoms with Crippen LogP contribution in [0.4, 0.5) is 0 Å². The number of rotatable bonds is 10. The zero-order valence-electron chi connectivity index (χ0n) is 13.0. The number of carboxylic acid groups (broad SMARTS) is 2. The largest absolute Gasteiger partial charge is 0.481 e. The first-order chi connectivity index (χ1) is 10.6. The number of thiol groups is 1. The topological polar surface area (TPSA) is 159 Å². The summed E-state index contributed by atoms with van der Waals surface area (Å²) >= 11 is 3.95. The average Bonchev–Trinajstić information content (AvgIpc) is 2.46. The van der Waals surface area contributed by atoms with E-state index in [4.69, 9.17) is 15.9 Å². The molecule has 2 amide bonds. The van der Waals surface area contributed by atoms with Crippen LogP contribution < -0.4 is 16.4 Å². The monoisotopic (exact) mass is 349 g/mol. The van der Waals surface area contributed by atoms with E-state index in [1.165, 1.54) is 0 Å². The Kier molecular flexibility index (Phi) is 9.27. The van der Waals surface area contributed by atoms with Crippen LogP contribution in [0.2, 0.25) is 0 Å². The van der Waals surface area contributed by atoms with Gasteiger partial charge in [-0.2, -0.15) is 12.6 Å². The van der Waals surface area contributed by atoms with Crippen molar-refractivity contribution < 1.29 is 29.4 Å². The van der Waals surface area contributed by atoms with Crippen LogP contribution in [0.1, 0.15) is 26.7 Å². The lowest BCUT2D eigenvalue weighted by Crippen LogP contribution is -2.56. The average molecular weight is 349 g/mol. The number of amides is 2. The van der Waals surface area contributed by atoms with E-state index in [1.54, 1.807) is 13.8 Å². The van der Waals surface area contributed by atoms with Crippen molar-refractivity contribution in [2.45, 2.75) is 44.8 Å². The summed E-state index contributed by atoms with van der Waals surface area (Å²) in [6.07, 6.45) is -0.355. The molecular weight excluding hydrogens is 326 g/mol. The maximum Gasteiger partial charge on any atom is 0.326 e. The molecule has 3 atom stereocenters. The molecule has 0 heterocycles. The summed E-state index contributed by atoms with van der Waals surface area (Å²) in [5.74, 6) is -4.07. The molecule has 0 fully saturated rings. The molecule has 0 aromatic rings. The number of nitrogens with one attached hydrogen (secondary N) is 2. The van der Waals surface area contributed by atoms with Gasteiger partial charge in [0.05, 0.1) is 6.04 Å². The zero-order valence-corrected chi connectivity index (χ0v) is 13.9. The Morgan fingerprint density at radius 1 is 1.09 bits per heavy atom. The van der Waals surface area contributed by atoms with Gasteiger partial charge in [-0.25, -0.2) is 4.79 Å². The molecule has 0 rings (SSSR count). The highest BCUT2D eigenvalue weighted by Gasteiger charge is 2.28. The van der Waals surface area contributed by atoms with Crippen molar-refractivity contribution in [1.29, 1.82) is 0 Å². The van der Waals surface area contributed by atoms with Gasteiger partial charge >= 0.3 is 11.9 Å². The maximum absolute atomic E-state index is 12.0. The summed E-state index contributed by atoms with van der Waals surface area (Å²) in [4.78, 5) is 45.4. The number of carbonyl (C=O) groups is 4. The molecular formula is C13H23N3O6S. The molecule has 23 heavy (non-hydrogen) atoms. The highest BCUT2D eigenvalue weighted by Crippen LogP contribution is 2.03. The molecule has 0 aliphatic heterocycles. The van der Waals surface area contributed by atoms with Crippen molar-refractivity contribution in [2.75, 3.05) is 5.75 Å². The van der Waals surface area contributed by atoms with Gasteiger partial charge < -0.3 is 26.6 Å². The summed E-state index contributed by atoms with van der Waals surface area (Å²) in [6, 6.07) is -3.24. The Morgan fingerprint density at radius 2 is 1.65 bits per heavy atom. The van der Waals surface area contributed by atoms with Gasteiger partial charge in [0.25, 0.3) is 0 Å². The highest BCUT2D eigenvalue weighted by molar-refractivity contribution is 7.80. The van der Waals surface area contributed by atoms with Crippen LogP contribution in [0.3, 0.4) is 0 Å². The fourth-order valence-electron chi connectivity index (χ4n) is 1.65. The lowest BCUT2D eigenvalue weighted by Gasteiger charge is -2.23. The Labute approximate surface area is 139 Å². The zero-order chi connectivity index (χ0) is 18.2. The molecule has 0 saturated heterocycles. The molecule has 3 unspecified atom stereocenters. The third-order valence-electron chi connectivity index (χ3n) is 3.05. The van der Waals surface area contributed by atoms with Crippen LogP contribution in [-0.2, 0) is 19.2 Å². The predicted molar refractivity (Wildman–Crippen MR) is 85.0 cm³/mol. The normalized spacial score (nSPS) is 14.7. The van der Waals surface area contributed by atoms with E-state index in [2.05, 4.69) is 23.3 Å². The van der Waals surface area contributed by atoms with E-state index in [0.29, 0.717) is 0 Å². The van der Waals surface area contributed by atoms with E-state index in [0.717, 1.165) is 0 Å². The number of aliphatic carboxylic acids is 2. The number of nitrogens with two attached hydrogens (primary N) is 1. The summed E-state index contributed by atoms with van der Waals surface area (Å²) in [6.45, 7) is 3.27. The standard InChI is InChI=1S/C13H23N3O6S/c1-6(2)10(13(21)22)16-12(20)8(5-23)15-11(19)7(14)3-4-9(17)18/h6-8,10,23H,3-5,14H2,1-2H3,(H,15,19)(H,16,20)(H,17,18)(H,21,22). The summed E-state index contributed by atoms with van der Waals surface area (Å²) in [7, 11) is 0. The first kappa shape index (κ1) is 21.2. The van der Waals surface area contributed by atoms with Crippen molar-refractivity contribution in [3.05, 3.63) is 0 Å². The van der Waals surface area contributed by atoms with Gasteiger partial charge in [-0.1, -0.05) is 13.8 Å². The van der Waals surface area contributed by atoms with Crippen LogP contribution in [0, 0.1) is 5.92 Å². The Hall–Kier alpha value is -1.81. The van der Waals surface area contributed by atoms with Crippen molar-refractivity contribution in [2.24, 2.45) is 11.7 Å². The first-order valence-corrected chi connectivity index (χ1v) is 7.65. The number of carboxylic acids is 2. The summed E-state index contributed by atoms with van der Waals surface area (Å²) in [5, 5.41) is 22.2. The van der Waals surface area contributed by atoms with Crippen LogP contribution in [0.25, 0.3) is 0 Å². The van der Waals surface area contributed by atoms with Crippen LogP contribution >= 0.6 is 12.6 Å². The van der Waals surface area contributed by atoms with Crippen molar-refractivity contribution in [1.82, 2.24) is 10.6 Å². The second-order valence-electron chi connectivity index (χ2n) is 5.35. The highest BCUT2D eigenvalue weighted by atomic mass is 32.1. The molecule has 0 aliphatic carbocycles.